The van der Waals surface area contributed by atoms with Crippen molar-refractivity contribution in [1.82, 2.24) is 5.32 Å². The Morgan fingerprint density at radius 3 is 2.22 bits per heavy atom. The van der Waals surface area contributed by atoms with Gasteiger partial charge in [-0.2, -0.15) is 0 Å². The van der Waals surface area contributed by atoms with Gasteiger partial charge in [0.05, 0.1) is 28.8 Å². The molecule has 246 valence electrons. The molecule has 4 rings (SSSR count). The molecule has 14 heteroatoms. The zero-order valence-corrected chi connectivity index (χ0v) is 27.1. The largest absolute Gasteiger partial charge is 0.492 e. The second kappa shape index (κ2) is 14.7. The highest BCUT2D eigenvalue weighted by Crippen LogP contribution is 2.41. The quantitative estimate of drug-likeness (QED) is 0.144. The Bertz CT molecular complexity index is 1530. The number of hydrogen-bond acceptors (Lipinski definition) is 6. The zero-order valence-electron chi connectivity index (χ0n) is 25.3. The van der Waals surface area contributed by atoms with Crippen LogP contribution in [0.25, 0.3) is 0 Å². The van der Waals surface area contributed by atoms with E-state index >= 15 is 0 Å². The maximum absolute atomic E-state index is 13.7. The molecule has 1 saturated carbocycles. The Morgan fingerprint density at radius 1 is 0.933 bits per heavy atom. The fourth-order valence-electron chi connectivity index (χ4n) is 6.47. The van der Waals surface area contributed by atoms with Gasteiger partial charge in [-0.1, -0.05) is 31.7 Å². The topological polar surface area (TPSA) is 214 Å². The van der Waals surface area contributed by atoms with Crippen LogP contribution in [0.3, 0.4) is 0 Å². The monoisotopic (exact) mass is 664 g/mol. The highest BCUT2D eigenvalue weighted by atomic mass is 31.2. The first-order valence-electron chi connectivity index (χ1n) is 15.3. The molecule has 2 aromatic rings. The highest BCUT2D eigenvalue weighted by Gasteiger charge is 2.33. The number of aryl methyl sites for hydroxylation is 1. The first-order valence-corrected chi connectivity index (χ1v) is 18.5. The maximum atomic E-state index is 13.7. The smallest absolute Gasteiger partial charge is 0.357 e. The lowest BCUT2D eigenvalue weighted by Gasteiger charge is -2.25. The molecule has 0 spiro atoms. The Labute approximate surface area is 262 Å². The molecule has 45 heavy (non-hydrogen) atoms. The first kappa shape index (κ1) is 35.0. The molecule has 2 atom stereocenters. The summed E-state index contributed by atoms with van der Waals surface area (Å²) in [4.78, 5) is 77.0. The maximum Gasteiger partial charge on any atom is 0.357 e. The summed E-state index contributed by atoms with van der Waals surface area (Å²) in [7, 11) is -10.1. The van der Waals surface area contributed by atoms with Crippen LogP contribution in [-0.2, 0) is 31.6 Å². The fourth-order valence-corrected chi connectivity index (χ4v) is 8.59. The normalized spacial score (nSPS) is 18.4. The molecular weight excluding hydrogens is 622 g/mol. The Kier molecular flexibility index (Phi) is 11.4. The Balaban J connectivity index is 1.60. The number of fused-ring (bicyclic) bond motifs is 1. The second-order valence-electron chi connectivity index (χ2n) is 12.2. The minimum Gasteiger partial charge on any atom is -0.492 e. The SMILES string of the molecule is CC(=O)N[C@@H](Cc1ccc(P(=O)(O)O)c(P(=O)(O)O)c1)C(=O)CC1CCCCc2cc(OCC3CCCCC3)c(C(N)=O)cc21. The van der Waals surface area contributed by atoms with Crippen LogP contribution in [0.1, 0.15) is 97.7 Å². The van der Waals surface area contributed by atoms with E-state index in [1.165, 1.54) is 32.3 Å². The van der Waals surface area contributed by atoms with Gasteiger partial charge in [-0.15, -0.1) is 0 Å². The number of carbonyl (C=O) groups excluding carboxylic acids is 3. The minimum atomic E-state index is -5.09. The summed E-state index contributed by atoms with van der Waals surface area (Å²) in [6.07, 6.45) is 8.70. The molecule has 2 aliphatic carbocycles. The fraction of sp³-hybridized carbons (Fsp3) is 0.516. The lowest BCUT2D eigenvalue weighted by Crippen LogP contribution is -2.42. The lowest BCUT2D eigenvalue weighted by atomic mass is 9.85. The molecule has 2 aliphatic rings. The molecule has 1 fully saturated rings. The van der Waals surface area contributed by atoms with Gasteiger partial charge >= 0.3 is 15.2 Å². The van der Waals surface area contributed by atoms with Gasteiger partial charge in [-0.05, 0) is 91.3 Å². The van der Waals surface area contributed by atoms with E-state index in [0.717, 1.165) is 55.4 Å². The van der Waals surface area contributed by atoms with Crippen molar-refractivity contribution in [3.05, 3.63) is 52.6 Å². The lowest BCUT2D eigenvalue weighted by molar-refractivity contribution is -0.127. The van der Waals surface area contributed by atoms with Crippen LogP contribution in [0.5, 0.6) is 5.75 Å². The summed E-state index contributed by atoms with van der Waals surface area (Å²) in [6, 6.07) is 5.70. The Morgan fingerprint density at radius 2 is 1.60 bits per heavy atom. The highest BCUT2D eigenvalue weighted by molar-refractivity contribution is 7.67. The van der Waals surface area contributed by atoms with E-state index in [1.807, 2.05) is 6.07 Å². The molecule has 12 nitrogen and oxygen atoms in total. The van der Waals surface area contributed by atoms with Crippen LogP contribution in [0.15, 0.2) is 30.3 Å². The van der Waals surface area contributed by atoms with Gasteiger partial charge in [0, 0.05) is 13.3 Å². The van der Waals surface area contributed by atoms with Crippen molar-refractivity contribution >= 4 is 43.4 Å². The standard InChI is InChI=1S/C31H42N2O10P2/c1-19(34)33-26(13-21-11-12-29(44(37,38)39)30(14-21)45(40,41)42)27(35)15-22-9-5-6-10-23-16-28(25(31(32)36)17-24(22)23)43-18-20-7-3-2-4-8-20/h11-12,14,16-17,20,22,26H,2-10,13,15,18H2,1H3,(H2,32,36)(H,33,34)(H2,37,38,39)(H2,40,41,42)/t22?,26-/m0/s1. The van der Waals surface area contributed by atoms with E-state index in [-0.39, 0.29) is 35.7 Å². The van der Waals surface area contributed by atoms with Crippen molar-refractivity contribution < 1.29 is 47.8 Å². The number of ketones is 1. The number of carbonyl (C=O) groups is 3. The van der Waals surface area contributed by atoms with Crippen LogP contribution in [0.4, 0.5) is 0 Å². The summed E-state index contributed by atoms with van der Waals surface area (Å²) in [5.41, 5.74) is 8.04. The van der Waals surface area contributed by atoms with E-state index in [1.54, 1.807) is 6.07 Å². The van der Waals surface area contributed by atoms with Crippen molar-refractivity contribution in [3.8, 4) is 5.75 Å². The van der Waals surface area contributed by atoms with Gasteiger partial charge in [0.15, 0.2) is 5.78 Å². The first-order chi connectivity index (χ1) is 21.1. The molecule has 0 heterocycles. The van der Waals surface area contributed by atoms with E-state index in [9.17, 15) is 43.1 Å². The minimum absolute atomic E-state index is 0.0182. The zero-order chi connectivity index (χ0) is 32.9. The van der Waals surface area contributed by atoms with Gasteiger partial charge in [0.25, 0.3) is 5.91 Å². The van der Waals surface area contributed by atoms with E-state index in [4.69, 9.17) is 10.5 Å². The third kappa shape index (κ3) is 9.35. The van der Waals surface area contributed by atoms with Crippen LogP contribution in [0.2, 0.25) is 0 Å². The molecule has 2 aromatic carbocycles. The molecular formula is C31H42N2O10P2. The molecule has 1 unspecified atom stereocenters. The van der Waals surface area contributed by atoms with Crippen molar-refractivity contribution in [2.75, 3.05) is 6.61 Å². The van der Waals surface area contributed by atoms with Gasteiger partial charge in [-0.25, -0.2) is 0 Å². The molecule has 0 aliphatic heterocycles. The van der Waals surface area contributed by atoms with Crippen molar-refractivity contribution in [1.29, 1.82) is 0 Å². The van der Waals surface area contributed by atoms with E-state index in [0.29, 0.717) is 24.7 Å². The number of ether oxygens (including phenoxy) is 1. The third-order valence-electron chi connectivity index (χ3n) is 8.72. The summed E-state index contributed by atoms with van der Waals surface area (Å²) in [5.74, 6) is -0.846. The number of hydrogen-bond donors (Lipinski definition) is 6. The molecule has 0 aromatic heterocycles. The predicted molar refractivity (Wildman–Crippen MR) is 168 cm³/mol. The number of Topliss-reactive ketones (excluding diaryl/α,β-unsaturated/α-hetero) is 1. The number of amides is 2. The van der Waals surface area contributed by atoms with Crippen LogP contribution >= 0.6 is 15.2 Å². The van der Waals surface area contributed by atoms with Gasteiger partial charge in [-0.3, -0.25) is 23.5 Å². The molecule has 0 bridgehead atoms. The van der Waals surface area contributed by atoms with E-state index in [2.05, 4.69) is 5.32 Å². The average molecular weight is 665 g/mol. The van der Waals surface area contributed by atoms with Gasteiger partial charge in [0.2, 0.25) is 5.91 Å². The summed E-state index contributed by atoms with van der Waals surface area (Å²) >= 11 is 0. The molecule has 0 saturated heterocycles. The number of rotatable bonds is 12. The summed E-state index contributed by atoms with van der Waals surface area (Å²) in [5, 5.41) is 0.982. The van der Waals surface area contributed by atoms with Crippen molar-refractivity contribution in [2.24, 2.45) is 11.7 Å². The number of benzene rings is 2. The van der Waals surface area contributed by atoms with Crippen LogP contribution in [0, 0.1) is 5.92 Å². The van der Waals surface area contributed by atoms with Crippen molar-refractivity contribution in [2.45, 2.75) is 89.5 Å². The Hall–Kier alpha value is -2.85. The van der Waals surface area contributed by atoms with Crippen molar-refractivity contribution in [3.63, 3.8) is 0 Å². The number of nitrogens with two attached hydrogens (primary N) is 1. The number of nitrogens with one attached hydrogen (secondary N) is 1. The average Bonchev–Trinajstić information content (AvgIpc) is 3.15. The van der Waals surface area contributed by atoms with E-state index < -0.39 is 43.7 Å². The summed E-state index contributed by atoms with van der Waals surface area (Å²) < 4.78 is 30.0. The van der Waals surface area contributed by atoms with Crippen LogP contribution < -0.4 is 26.4 Å². The van der Waals surface area contributed by atoms with Gasteiger partial charge < -0.3 is 35.4 Å². The third-order valence-corrected chi connectivity index (χ3v) is 10.9. The molecule has 2 amide bonds. The summed E-state index contributed by atoms with van der Waals surface area (Å²) in [6.45, 7) is 1.76. The number of primary amides is 1. The van der Waals surface area contributed by atoms with Crippen LogP contribution in [-0.4, -0.2) is 49.8 Å². The predicted octanol–water partition coefficient (Wildman–Crippen LogP) is 2.87. The second-order valence-corrected chi connectivity index (χ2v) is 15.3. The van der Waals surface area contributed by atoms with Gasteiger partial charge in [0.1, 0.15) is 5.75 Å². The molecule has 7 N–H and O–H groups in total. The molecule has 0 radical (unpaired) electrons.